The maximum atomic E-state index is 12.5. The third-order valence-corrected chi connectivity index (χ3v) is 2.84. The number of nitrogens with one attached hydrogen (secondary N) is 1. The molecule has 20 heavy (non-hydrogen) atoms. The molecule has 1 N–H and O–H groups in total. The van der Waals surface area contributed by atoms with Gasteiger partial charge in [-0.25, -0.2) is 4.98 Å². The summed E-state index contributed by atoms with van der Waals surface area (Å²) in [7, 11) is 1.58. The predicted molar refractivity (Wildman–Crippen MR) is 71.0 cm³/mol. The number of nitrogens with zero attached hydrogens (tertiary/aromatic N) is 2. The SMILES string of the molecule is CNc1ccc(Cl)c(C(=O)N(CC(F)(F)F)C(C)C)n1. The van der Waals surface area contributed by atoms with Crippen molar-refractivity contribution in [3.8, 4) is 0 Å². The topological polar surface area (TPSA) is 45.2 Å². The lowest BCUT2D eigenvalue weighted by Gasteiger charge is -2.27. The highest BCUT2D eigenvalue weighted by Crippen LogP contribution is 2.23. The standard InChI is InChI=1S/C12H15ClF3N3O/c1-7(2)19(6-12(14,15)16)11(20)10-8(13)4-5-9(17-3)18-10/h4-5,7H,6H2,1-3H3,(H,17,18). The highest BCUT2D eigenvalue weighted by Gasteiger charge is 2.35. The number of rotatable bonds is 4. The Morgan fingerprint density at radius 2 is 2.05 bits per heavy atom. The van der Waals surface area contributed by atoms with Crippen molar-refractivity contribution in [2.75, 3.05) is 18.9 Å². The number of anilines is 1. The molecule has 1 aromatic rings. The molecule has 0 spiro atoms. The number of hydrogen-bond acceptors (Lipinski definition) is 3. The van der Waals surface area contributed by atoms with Gasteiger partial charge in [-0.05, 0) is 26.0 Å². The van der Waals surface area contributed by atoms with Gasteiger partial charge >= 0.3 is 6.18 Å². The molecule has 4 nitrogen and oxygen atoms in total. The highest BCUT2D eigenvalue weighted by molar-refractivity contribution is 6.33. The fourth-order valence-corrected chi connectivity index (χ4v) is 1.74. The lowest BCUT2D eigenvalue weighted by molar-refractivity contribution is -0.143. The van der Waals surface area contributed by atoms with Gasteiger partial charge in [0.1, 0.15) is 18.1 Å². The zero-order valence-corrected chi connectivity index (χ0v) is 12.0. The second-order valence-corrected chi connectivity index (χ2v) is 4.83. The van der Waals surface area contributed by atoms with E-state index in [9.17, 15) is 18.0 Å². The van der Waals surface area contributed by atoms with Crippen LogP contribution in [0.15, 0.2) is 12.1 Å². The van der Waals surface area contributed by atoms with Crippen LogP contribution in [0.25, 0.3) is 0 Å². The third kappa shape index (κ3) is 4.26. The van der Waals surface area contributed by atoms with Crippen LogP contribution in [-0.2, 0) is 0 Å². The molecule has 1 rings (SSSR count). The molecule has 0 bridgehead atoms. The fraction of sp³-hybridized carbons (Fsp3) is 0.500. The van der Waals surface area contributed by atoms with Crippen molar-refractivity contribution >= 4 is 23.3 Å². The van der Waals surface area contributed by atoms with Crippen molar-refractivity contribution < 1.29 is 18.0 Å². The zero-order valence-electron chi connectivity index (χ0n) is 11.3. The molecular weight excluding hydrogens is 295 g/mol. The van der Waals surface area contributed by atoms with E-state index in [0.717, 1.165) is 0 Å². The summed E-state index contributed by atoms with van der Waals surface area (Å²) in [6.45, 7) is 1.66. The van der Waals surface area contributed by atoms with Gasteiger partial charge in [0.05, 0.1) is 5.02 Å². The van der Waals surface area contributed by atoms with E-state index in [1.54, 1.807) is 7.05 Å². The second-order valence-electron chi connectivity index (χ2n) is 4.42. The Morgan fingerprint density at radius 3 is 2.50 bits per heavy atom. The molecule has 1 heterocycles. The minimum atomic E-state index is -4.48. The molecule has 0 unspecified atom stereocenters. The quantitative estimate of drug-likeness (QED) is 0.929. The summed E-state index contributed by atoms with van der Waals surface area (Å²) < 4.78 is 37.6. The molecule has 1 amide bonds. The molecule has 0 aromatic carbocycles. The summed E-state index contributed by atoms with van der Waals surface area (Å²) in [6, 6.07) is 2.32. The molecule has 0 aliphatic heterocycles. The molecule has 0 aliphatic rings. The van der Waals surface area contributed by atoms with Gasteiger partial charge in [0.15, 0.2) is 0 Å². The van der Waals surface area contributed by atoms with Gasteiger partial charge in [0.25, 0.3) is 5.91 Å². The van der Waals surface area contributed by atoms with Gasteiger partial charge in [0, 0.05) is 13.1 Å². The van der Waals surface area contributed by atoms with Gasteiger partial charge < -0.3 is 10.2 Å². The maximum absolute atomic E-state index is 12.5. The minimum absolute atomic E-state index is 0.0156. The largest absolute Gasteiger partial charge is 0.406 e. The Hall–Kier alpha value is -1.50. The first kappa shape index (κ1) is 16.6. The fourth-order valence-electron chi connectivity index (χ4n) is 1.55. The number of pyridine rings is 1. The first-order valence-corrected chi connectivity index (χ1v) is 6.25. The Labute approximate surface area is 119 Å². The molecule has 1 aromatic heterocycles. The smallest absolute Gasteiger partial charge is 0.373 e. The molecule has 0 aliphatic carbocycles. The Morgan fingerprint density at radius 1 is 1.45 bits per heavy atom. The van der Waals surface area contributed by atoms with Crippen LogP contribution in [0.5, 0.6) is 0 Å². The van der Waals surface area contributed by atoms with Crippen molar-refractivity contribution in [2.45, 2.75) is 26.1 Å². The number of amides is 1. The summed E-state index contributed by atoms with van der Waals surface area (Å²) in [5.41, 5.74) is -0.198. The van der Waals surface area contributed by atoms with Gasteiger partial charge in [0.2, 0.25) is 0 Å². The van der Waals surface area contributed by atoms with Gasteiger partial charge in [-0.1, -0.05) is 11.6 Å². The number of halogens is 4. The summed E-state index contributed by atoms with van der Waals surface area (Å²) in [4.78, 5) is 16.8. The minimum Gasteiger partial charge on any atom is -0.373 e. The van der Waals surface area contributed by atoms with Crippen molar-refractivity contribution in [3.63, 3.8) is 0 Å². The molecule has 112 valence electrons. The zero-order chi connectivity index (χ0) is 15.5. The average Bonchev–Trinajstić information content (AvgIpc) is 2.34. The molecule has 0 fully saturated rings. The van der Waals surface area contributed by atoms with Crippen LogP contribution in [-0.4, -0.2) is 41.6 Å². The lowest BCUT2D eigenvalue weighted by Crippen LogP contribution is -2.43. The van der Waals surface area contributed by atoms with Crippen LogP contribution in [0.3, 0.4) is 0 Å². The molecule has 8 heteroatoms. The van der Waals surface area contributed by atoms with Crippen molar-refractivity contribution in [1.29, 1.82) is 0 Å². The van der Waals surface area contributed by atoms with Crippen LogP contribution in [0.1, 0.15) is 24.3 Å². The molecular formula is C12H15ClF3N3O. The van der Waals surface area contributed by atoms with E-state index < -0.39 is 24.7 Å². The summed E-state index contributed by atoms with van der Waals surface area (Å²) in [5, 5.41) is 2.72. The van der Waals surface area contributed by atoms with Gasteiger partial charge in [-0.3, -0.25) is 4.79 Å². The first-order chi connectivity index (χ1) is 9.15. The van der Waals surface area contributed by atoms with E-state index in [1.807, 2.05) is 0 Å². The number of carbonyl (C=O) groups excluding carboxylic acids is 1. The van der Waals surface area contributed by atoms with Crippen LogP contribution >= 0.6 is 11.6 Å². The van der Waals surface area contributed by atoms with Crippen LogP contribution in [0.2, 0.25) is 5.02 Å². The predicted octanol–water partition coefficient (Wildman–Crippen LogP) is 3.19. The molecule has 0 saturated heterocycles. The van der Waals surface area contributed by atoms with E-state index in [4.69, 9.17) is 11.6 Å². The normalized spacial score (nSPS) is 11.6. The van der Waals surface area contributed by atoms with Gasteiger partial charge in [-0.2, -0.15) is 13.2 Å². The van der Waals surface area contributed by atoms with E-state index in [2.05, 4.69) is 10.3 Å². The van der Waals surface area contributed by atoms with Crippen LogP contribution < -0.4 is 5.32 Å². The summed E-state index contributed by atoms with van der Waals surface area (Å²) in [5.74, 6) is -0.493. The Balaban J connectivity index is 3.12. The van der Waals surface area contributed by atoms with Gasteiger partial charge in [-0.15, -0.1) is 0 Å². The molecule has 0 saturated carbocycles. The third-order valence-electron chi connectivity index (χ3n) is 2.54. The Kier molecular flexibility index (Phi) is 5.21. The molecule has 0 atom stereocenters. The maximum Gasteiger partial charge on any atom is 0.406 e. The lowest BCUT2D eigenvalue weighted by atomic mass is 10.2. The number of alkyl halides is 3. The summed E-state index contributed by atoms with van der Waals surface area (Å²) >= 11 is 5.85. The monoisotopic (exact) mass is 309 g/mol. The van der Waals surface area contributed by atoms with E-state index >= 15 is 0 Å². The van der Waals surface area contributed by atoms with Crippen LogP contribution in [0, 0.1) is 0 Å². The van der Waals surface area contributed by atoms with E-state index in [0.29, 0.717) is 10.7 Å². The Bertz CT molecular complexity index is 491. The molecule has 0 radical (unpaired) electrons. The average molecular weight is 310 g/mol. The van der Waals surface area contributed by atoms with Crippen molar-refractivity contribution in [3.05, 3.63) is 22.8 Å². The number of aromatic nitrogens is 1. The van der Waals surface area contributed by atoms with E-state index in [1.165, 1.54) is 26.0 Å². The number of hydrogen-bond donors (Lipinski definition) is 1. The van der Waals surface area contributed by atoms with Crippen molar-refractivity contribution in [2.24, 2.45) is 0 Å². The number of carbonyl (C=O) groups is 1. The first-order valence-electron chi connectivity index (χ1n) is 5.87. The highest BCUT2D eigenvalue weighted by atomic mass is 35.5. The van der Waals surface area contributed by atoms with Crippen molar-refractivity contribution in [1.82, 2.24) is 9.88 Å². The summed E-state index contributed by atoms with van der Waals surface area (Å²) in [6.07, 6.45) is -4.48. The van der Waals surface area contributed by atoms with E-state index in [-0.39, 0.29) is 10.7 Å². The van der Waals surface area contributed by atoms with Crippen LogP contribution in [0.4, 0.5) is 19.0 Å². The second kappa shape index (κ2) is 6.30.